The molecule has 0 bridgehead atoms. The second-order valence-corrected chi connectivity index (χ2v) is 3.03. The molecule has 0 saturated carbocycles. The molecule has 0 aromatic carbocycles. The Balaban J connectivity index is 0. The van der Waals surface area contributed by atoms with Gasteiger partial charge in [-0.05, 0) is 12.8 Å². The fourth-order valence-corrected chi connectivity index (χ4v) is 1.01. The van der Waals surface area contributed by atoms with E-state index >= 15 is 0 Å². The van der Waals surface area contributed by atoms with Crippen LogP contribution in [0.4, 0.5) is 0 Å². The first-order valence-corrected chi connectivity index (χ1v) is 4.99. The van der Waals surface area contributed by atoms with E-state index < -0.39 is 0 Å². The average molecular weight is 165 g/mol. The van der Waals surface area contributed by atoms with Crippen LogP contribution in [0.5, 0.6) is 0 Å². The van der Waals surface area contributed by atoms with Gasteiger partial charge in [0.2, 0.25) is 0 Å². The Morgan fingerprint density at radius 3 is 1.50 bits per heavy atom. The zero-order valence-electron chi connectivity index (χ0n) is 9.07. The van der Waals surface area contributed by atoms with Crippen LogP contribution in [-0.2, 0) is 4.74 Å². The van der Waals surface area contributed by atoms with Crippen molar-refractivity contribution < 1.29 is 4.74 Å². The second-order valence-electron chi connectivity index (χ2n) is 3.03. The largest absolute Gasteiger partial charge is 0.381 e. The summed E-state index contributed by atoms with van der Waals surface area (Å²) in [6.07, 6.45) is 7.68. The first-order valence-electron chi connectivity index (χ1n) is 4.99. The predicted octanol–water partition coefficient (Wildman–Crippen LogP) is 3.00. The molecule has 1 radical (unpaired) electrons. The van der Waals surface area contributed by atoms with Crippen molar-refractivity contribution in [2.75, 3.05) is 13.2 Å². The Kier molecular flexibility index (Phi) is 17.7. The maximum absolute atomic E-state index is 5.44. The molecule has 0 aliphatic carbocycles. The van der Waals surface area contributed by atoms with Crippen molar-refractivity contribution >= 4 is 18.9 Å². The van der Waals surface area contributed by atoms with Crippen molar-refractivity contribution in [2.45, 2.75) is 52.4 Å². The van der Waals surface area contributed by atoms with E-state index in [2.05, 4.69) is 13.8 Å². The number of hydrogen-bond donors (Lipinski definition) is 0. The minimum absolute atomic E-state index is 0. The molecule has 0 aliphatic heterocycles. The topological polar surface area (TPSA) is 9.23 Å². The van der Waals surface area contributed by atoms with Gasteiger partial charge in [0.25, 0.3) is 0 Å². The minimum atomic E-state index is 0. The first kappa shape index (κ1) is 15.0. The summed E-state index contributed by atoms with van der Waals surface area (Å²) in [6, 6.07) is 0. The van der Waals surface area contributed by atoms with Crippen LogP contribution in [0.1, 0.15) is 52.4 Å². The molecule has 0 spiro atoms. The van der Waals surface area contributed by atoms with Crippen molar-refractivity contribution in [1.82, 2.24) is 0 Å². The van der Waals surface area contributed by atoms with Gasteiger partial charge in [-0.1, -0.05) is 39.5 Å². The molecule has 0 atom stereocenters. The normalized spacial score (nSPS) is 9.50. The van der Waals surface area contributed by atoms with Crippen LogP contribution in [0.3, 0.4) is 0 Å². The number of unbranched alkanes of at least 4 members (excludes halogenated alkanes) is 4. The fourth-order valence-electron chi connectivity index (χ4n) is 1.01. The number of hydrogen-bond acceptors (Lipinski definition) is 1. The molecule has 0 rings (SSSR count). The van der Waals surface area contributed by atoms with Gasteiger partial charge in [0.15, 0.2) is 0 Å². The summed E-state index contributed by atoms with van der Waals surface area (Å²) < 4.78 is 5.44. The second kappa shape index (κ2) is 14.1. The van der Waals surface area contributed by atoms with Crippen LogP contribution in [0.25, 0.3) is 0 Å². The SMILES string of the molecule is CCCCCOCCCCC.[Li]. The quantitative estimate of drug-likeness (QED) is 0.397. The summed E-state index contributed by atoms with van der Waals surface area (Å²) in [4.78, 5) is 0. The van der Waals surface area contributed by atoms with E-state index in [9.17, 15) is 0 Å². The van der Waals surface area contributed by atoms with Crippen molar-refractivity contribution in [3.63, 3.8) is 0 Å². The molecule has 0 heterocycles. The Labute approximate surface area is 89.4 Å². The average Bonchev–Trinajstić information content (AvgIpc) is 2.03. The van der Waals surface area contributed by atoms with Gasteiger partial charge in [-0.3, -0.25) is 0 Å². The summed E-state index contributed by atoms with van der Waals surface area (Å²) >= 11 is 0. The van der Waals surface area contributed by atoms with Crippen LogP contribution in [0.2, 0.25) is 0 Å². The molecule has 1 nitrogen and oxygen atoms in total. The van der Waals surface area contributed by atoms with E-state index in [1.54, 1.807) is 0 Å². The van der Waals surface area contributed by atoms with E-state index in [1.165, 1.54) is 38.5 Å². The molecule has 69 valence electrons. The van der Waals surface area contributed by atoms with Gasteiger partial charge in [-0.2, -0.15) is 0 Å². The summed E-state index contributed by atoms with van der Waals surface area (Å²) in [6.45, 7) is 6.38. The van der Waals surface area contributed by atoms with Gasteiger partial charge in [0.05, 0.1) is 0 Å². The monoisotopic (exact) mass is 165 g/mol. The standard InChI is InChI=1S/C10H22O.Li/c1-3-5-7-9-11-10-8-6-4-2;/h3-10H2,1-2H3;. The molecule has 0 aliphatic rings. The molecular formula is C10H22LiO. The van der Waals surface area contributed by atoms with Gasteiger partial charge < -0.3 is 4.74 Å². The Morgan fingerprint density at radius 2 is 1.17 bits per heavy atom. The Morgan fingerprint density at radius 1 is 0.750 bits per heavy atom. The van der Waals surface area contributed by atoms with Gasteiger partial charge in [0.1, 0.15) is 0 Å². The summed E-state index contributed by atoms with van der Waals surface area (Å²) in [7, 11) is 0. The molecule has 0 aromatic heterocycles. The van der Waals surface area contributed by atoms with Crippen molar-refractivity contribution in [2.24, 2.45) is 0 Å². The third kappa shape index (κ3) is 13.2. The first-order chi connectivity index (χ1) is 5.41. The third-order valence-electron chi connectivity index (χ3n) is 1.78. The van der Waals surface area contributed by atoms with Crippen LogP contribution < -0.4 is 0 Å². The molecule has 12 heavy (non-hydrogen) atoms. The van der Waals surface area contributed by atoms with Crippen LogP contribution >= 0.6 is 0 Å². The smallest absolute Gasteiger partial charge is 0.0466 e. The van der Waals surface area contributed by atoms with Gasteiger partial charge >= 0.3 is 0 Å². The Bertz CT molecular complexity index is 58.9. The maximum atomic E-state index is 5.44. The predicted molar refractivity (Wildman–Crippen MR) is 55.6 cm³/mol. The van der Waals surface area contributed by atoms with Gasteiger partial charge in [-0.15, -0.1) is 0 Å². The minimum Gasteiger partial charge on any atom is -0.381 e. The zero-order valence-corrected chi connectivity index (χ0v) is 9.07. The van der Waals surface area contributed by atoms with E-state index in [4.69, 9.17) is 4.74 Å². The van der Waals surface area contributed by atoms with E-state index in [1.807, 2.05) is 0 Å². The van der Waals surface area contributed by atoms with Crippen molar-refractivity contribution in [3.8, 4) is 0 Å². The molecule has 0 unspecified atom stereocenters. The summed E-state index contributed by atoms with van der Waals surface area (Å²) in [5.41, 5.74) is 0. The molecule has 0 saturated heterocycles. The van der Waals surface area contributed by atoms with E-state index in [-0.39, 0.29) is 18.9 Å². The van der Waals surface area contributed by atoms with Crippen molar-refractivity contribution in [1.29, 1.82) is 0 Å². The van der Waals surface area contributed by atoms with E-state index in [0.717, 1.165) is 13.2 Å². The maximum Gasteiger partial charge on any atom is 0.0466 e. The van der Waals surface area contributed by atoms with Gasteiger partial charge in [-0.25, -0.2) is 0 Å². The van der Waals surface area contributed by atoms with Crippen LogP contribution in [0.15, 0.2) is 0 Å². The molecule has 2 heteroatoms. The van der Waals surface area contributed by atoms with Crippen LogP contribution in [0, 0.1) is 0 Å². The van der Waals surface area contributed by atoms with Crippen LogP contribution in [-0.4, -0.2) is 32.1 Å². The molecule has 0 aromatic rings. The van der Waals surface area contributed by atoms with Crippen molar-refractivity contribution in [3.05, 3.63) is 0 Å². The summed E-state index contributed by atoms with van der Waals surface area (Å²) in [5, 5.41) is 0. The van der Waals surface area contributed by atoms with Gasteiger partial charge in [0, 0.05) is 32.1 Å². The molecule has 0 amide bonds. The van der Waals surface area contributed by atoms with E-state index in [0.29, 0.717) is 0 Å². The fraction of sp³-hybridized carbons (Fsp3) is 1.00. The number of ether oxygens (including phenoxy) is 1. The molecular weight excluding hydrogens is 143 g/mol. The zero-order chi connectivity index (χ0) is 8.36. The number of rotatable bonds is 8. The molecule has 0 N–H and O–H groups in total. The third-order valence-corrected chi connectivity index (χ3v) is 1.78. The Hall–Kier alpha value is 0.557. The molecule has 0 fully saturated rings. The summed E-state index contributed by atoms with van der Waals surface area (Å²) in [5.74, 6) is 0.